The zero-order valence-corrected chi connectivity index (χ0v) is 10.7. The van der Waals surface area contributed by atoms with Crippen molar-refractivity contribution in [3.63, 3.8) is 0 Å². The van der Waals surface area contributed by atoms with Crippen molar-refractivity contribution in [2.24, 2.45) is 5.73 Å². The van der Waals surface area contributed by atoms with Gasteiger partial charge in [-0.25, -0.2) is 14.8 Å². The Hall–Kier alpha value is -1.63. The van der Waals surface area contributed by atoms with Gasteiger partial charge < -0.3 is 10.5 Å². The van der Waals surface area contributed by atoms with Crippen LogP contribution in [0.5, 0.6) is 0 Å². The number of amidine groups is 1. The molecule has 6 nitrogen and oxygen atoms in total. The van der Waals surface area contributed by atoms with Crippen LogP contribution in [0, 0.1) is 12.3 Å². The first-order valence-electron chi connectivity index (χ1n) is 4.97. The van der Waals surface area contributed by atoms with Crippen LogP contribution in [-0.2, 0) is 4.74 Å². The number of esters is 1. The first-order chi connectivity index (χ1) is 7.88. The van der Waals surface area contributed by atoms with Gasteiger partial charge in [-0.15, -0.1) is 0 Å². The van der Waals surface area contributed by atoms with E-state index in [0.717, 1.165) is 11.8 Å². The van der Waals surface area contributed by atoms with E-state index in [1.807, 2.05) is 0 Å². The second kappa shape index (κ2) is 5.62. The lowest BCUT2D eigenvalue weighted by atomic mass is 10.3. The average Bonchev–Trinajstić information content (AvgIpc) is 2.14. The maximum absolute atomic E-state index is 11.6. The molecule has 3 N–H and O–H groups in total. The number of rotatable bonds is 3. The molecule has 0 atom stereocenters. The van der Waals surface area contributed by atoms with E-state index in [0.29, 0.717) is 5.69 Å². The van der Waals surface area contributed by atoms with Crippen molar-refractivity contribution in [3.8, 4) is 0 Å². The molecule has 0 aliphatic rings. The molecule has 0 fully saturated rings. The van der Waals surface area contributed by atoms with Crippen LogP contribution in [0.25, 0.3) is 0 Å². The first kappa shape index (κ1) is 13.4. The summed E-state index contributed by atoms with van der Waals surface area (Å²) in [6, 6.07) is 1.54. The van der Waals surface area contributed by atoms with E-state index in [4.69, 9.17) is 15.9 Å². The third-order valence-corrected chi connectivity index (χ3v) is 2.17. The second-order valence-electron chi connectivity index (χ2n) is 3.60. The Labute approximate surface area is 103 Å². The van der Waals surface area contributed by atoms with Crippen molar-refractivity contribution in [1.82, 2.24) is 9.97 Å². The number of aromatic nitrogens is 2. The van der Waals surface area contributed by atoms with Crippen molar-refractivity contribution >= 4 is 22.9 Å². The number of aryl methyl sites for hydroxylation is 1. The van der Waals surface area contributed by atoms with Crippen molar-refractivity contribution in [1.29, 1.82) is 5.41 Å². The smallest absolute Gasteiger partial charge is 0.357 e. The van der Waals surface area contributed by atoms with E-state index < -0.39 is 5.97 Å². The van der Waals surface area contributed by atoms with E-state index in [1.54, 1.807) is 20.8 Å². The third kappa shape index (κ3) is 4.39. The summed E-state index contributed by atoms with van der Waals surface area (Å²) >= 11 is 0.894. The number of hydrogen-bond donors (Lipinski definition) is 2. The van der Waals surface area contributed by atoms with E-state index >= 15 is 0 Å². The Morgan fingerprint density at radius 1 is 1.53 bits per heavy atom. The van der Waals surface area contributed by atoms with E-state index in [2.05, 4.69) is 9.97 Å². The molecule has 1 aromatic heterocycles. The summed E-state index contributed by atoms with van der Waals surface area (Å²) in [5.41, 5.74) is 6.03. The van der Waals surface area contributed by atoms with Crippen LogP contribution in [0.4, 0.5) is 0 Å². The van der Waals surface area contributed by atoms with Crippen molar-refractivity contribution < 1.29 is 9.53 Å². The molecule has 92 valence electrons. The van der Waals surface area contributed by atoms with Gasteiger partial charge in [0.1, 0.15) is 0 Å². The molecule has 0 bridgehead atoms. The van der Waals surface area contributed by atoms with Gasteiger partial charge in [-0.2, -0.15) is 0 Å². The number of nitrogens with one attached hydrogen (secondary N) is 1. The fourth-order valence-electron chi connectivity index (χ4n) is 1.06. The summed E-state index contributed by atoms with van der Waals surface area (Å²) < 4.78 is 5.03. The minimum Gasteiger partial charge on any atom is -0.458 e. The minimum absolute atomic E-state index is 0.126. The molecule has 17 heavy (non-hydrogen) atoms. The third-order valence-electron chi connectivity index (χ3n) is 1.59. The lowest BCUT2D eigenvalue weighted by molar-refractivity contribution is 0.0369. The molecule has 0 radical (unpaired) electrons. The number of carbonyl (C=O) groups excluding carboxylic acids is 1. The van der Waals surface area contributed by atoms with Crippen LogP contribution in [0.3, 0.4) is 0 Å². The Morgan fingerprint density at radius 3 is 2.71 bits per heavy atom. The number of ether oxygens (including phenoxy) is 1. The van der Waals surface area contributed by atoms with Gasteiger partial charge >= 0.3 is 5.97 Å². The summed E-state index contributed by atoms with van der Waals surface area (Å²) in [4.78, 5) is 19.7. The summed E-state index contributed by atoms with van der Waals surface area (Å²) in [5, 5.41) is 7.28. The Kier molecular flexibility index (Phi) is 4.45. The standard InChI is InChI=1S/C10H14N4O2S/c1-5(2)16-8(15)7-4-6(3)13-10(14-7)17-9(11)12/h4-5H,1-3H3,(H3,11,12). The maximum atomic E-state index is 11.6. The summed E-state index contributed by atoms with van der Waals surface area (Å²) in [6.07, 6.45) is -0.207. The van der Waals surface area contributed by atoms with Crippen LogP contribution in [0.2, 0.25) is 0 Å². The average molecular weight is 254 g/mol. The lowest BCUT2D eigenvalue weighted by Crippen LogP contribution is -2.14. The number of thioether (sulfide) groups is 1. The van der Waals surface area contributed by atoms with E-state index in [-0.39, 0.29) is 22.1 Å². The van der Waals surface area contributed by atoms with E-state index in [9.17, 15) is 4.79 Å². The van der Waals surface area contributed by atoms with Gasteiger partial charge in [0.2, 0.25) is 0 Å². The zero-order valence-electron chi connectivity index (χ0n) is 9.85. The molecule has 0 saturated carbocycles. The summed E-state index contributed by atoms with van der Waals surface area (Å²) in [7, 11) is 0. The topological polar surface area (TPSA) is 102 Å². The predicted octanol–water partition coefficient (Wildman–Crippen LogP) is 1.34. The van der Waals surface area contributed by atoms with Gasteiger partial charge in [0.25, 0.3) is 0 Å². The molecular weight excluding hydrogens is 240 g/mol. The molecule has 0 saturated heterocycles. The van der Waals surface area contributed by atoms with Crippen molar-refractivity contribution in [2.45, 2.75) is 32.0 Å². The SMILES string of the molecule is Cc1cc(C(=O)OC(C)C)nc(SC(=N)N)n1. The summed E-state index contributed by atoms with van der Waals surface area (Å²) in [5.74, 6) is -0.504. The molecular formula is C10H14N4O2S. The molecule has 1 aromatic rings. The van der Waals surface area contributed by atoms with Crippen molar-refractivity contribution in [2.75, 3.05) is 0 Å². The van der Waals surface area contributed by atoms with Gasteiger partial charge in [-0.3, -0.25) is 5.41 Å². The van der Waals surface area contributed by atoms with Gasteiger partial charge in [-0.1, -0.05) is 0 Å². The highest BCUT2D eigenvalue weighted by Gasteiger charge is 2.14. The van der Waals surface area contributed by atoms with Gasteiger partial charge in [0.15, 0.2) is 16.0 Å². The molecule has 1 heterocycles. The second-order valence-corrected chi connectivity index (χ2v) is 4.61. The normalized spacial score (nSPS) is 10.4. The van der Waals surface area contributed by atoms with Gasteiger partial charge in [0.05, 0.1) is 6.10 Å². The van der Waals surface area contributed by atoms with Crippen LogP contribution in [-0.4, -0.2) is 27.2 Å². The molecule has 0 spiro atoms. The Bertz CT molecular complexity index is 448. The summed E-state index contributed by atoms with van der Waals surface area (Å²) in [6.45, 7) is 5.26. The zero-order chi connectivity index (χ0) is 13.0. The number of nitrogens with two attached hydrogens (primary N) is 1. The fourth-order valence-corrected chi connectivity index (χ4v) is 1.59. The molecule has 0 aliphatic heterocycles. The van der Waals surface area contributed by atoms with Gasteiger partial charge in [0, 0.05) is 5.69 Å². The highest BCUT2D eigenvalue weighted by Crippen LogP contribution is 2.14. The quantitative estimate of drug-likeness (QED) is 0.277. The first-order valence-corrected chi connectivity index (χ1v) is 5.78. The number of carbonyl (C=O) groups is 1. The molecule has 0 aromatic carbocycles. The number of hydrogen-bond acceptors (Lipinski definition) is 6. The lowest BCUT2D eigenvalue weighted by Gasteiger charge is -2.08. The highest BCUT2D eigenvalue weighted by atomic mass is 32.2. The number of nitrogens with zero attached hydrogens (tertiary/aromatic N) is 2. The van der Waals surface area contributed by atoms with Crippen molar-refractivity contribution in [3.05, 3.63) is 17.5 Å². The van der Waals surface area contributed by atoms with Crippen LogP contribution >= 0.6 is 11.8 Å². The Morgan fingerprint density at radius 2 is 2.18 bits per heavy atom. The predicted molar refractivity (Wildman–Crippen MR) is 65.1 cm³/mol. The van der Waals surface area contributed by atoms with Gasteiger partial charge in [-0.05, 0) is 38.6 Å². The molecule has 7 heteroatoms. The minimum atomic E-state index is -0.504. The van der Waals surface area contributed by atoms with Crippen LogP contribution in [0.15, 0.2) is 11.2 Å². The molecule has 1 rings (SSSR count). The fraction of sp³-hybridized carbons (Fsp3) is 0.400. The van der Waals surface area contributed by atoms with E-state index in [1.165, 1.54) is 6.07 Å². The molecule has 0 unspecified atom stereocenters. The van der Waals surface area contributed by atoms with Crippen LogP contribution in [0.1, 0.15) is 30.0 Å². The monoisotopic (exact) mass is 254 g/mol. The van der Waals surface area contributed by atoms with Crippen LogP contribution < -0.4 is 5.73 Å². The maximum Gasteiger partial charge on any atom is 0.357 e. The largest absolute Gasteiger partial charge is 0.458 e. The molecule has 0 amide bonds. The molecule has 0 aliphatic carbocycles. The Balaban J connectivity index is 2.96. The highest BCUT2D eigenvalue weighted by molar-refractivity contribution is 8.13.